The van der Waals surface area contributed by atoms with Crippen molar-refractivity contribution < 1.29 is 0 Å². The Morgan fingerprint density at radius 3 is 3.00 bits per heavy atom. The molecule has 11 heavy (non-hydrogen) atoms. The Hall–Kier alpha value is -0.120. The Morgan fingerprint density at radius 2 is 2.55 bits per heavy atom. The summed E-state index contributed by atoms with van der Waals surface area (Å²) in [6.07, 6.45) is 2.83. The van der Waals surface area contributed by atoms with E-state index in [1.807, 2.05) is 6.20 Å². The highest BCUT2D eigenvalue weighted by Gasteiger charge is 2.07. The zero-order chi connectivity index (χ0) is 8.27. The van der Waals surface area contributed by atoms with Crippen molar-refractivity contribution in [3.8, 4) is 0 Å². The third-order valence-electron chi connectivity index (χ3n) is 1.58. The maximum Gasteiger partial charge on any atom is 0.183 e. The molecule has 0 aromatic carbocycles. The molecule has 0 fully saturated rings. The van der Waals surface area contributed by atoms with Crippen molar-refractivity contribution in [1.29, 1.82) is 0 Å². The number of halogens is 1. The van der Waals surface area contributed by atoms with Crippen molar-refractivity contribution in [2.75, 3.05) is 6.54 Å². The summed E-state index contributed by atoms with van der Waals surface area (Å²) in [4.78, 5) is 5.19. The molecule has 0 spiro atoms. The number of aromatic nitrogens is 1. The van der Waals surface area contributed by atoms with Crippen LogP contribution in [0.2, 0.25) is 4.47 Å². The normalized spacial score (nSPS) is 13.4. The lowest BCUT2D eigenvalue weighted by atomic mass is 10.1. The molecule has 1 rings (SSSR count). The Kier molecular flexibility index (Phi) is 3.30. The van der Waals surface area contributed by atoms with Crippen LogP contribution in [0.5, 0.6) is 0 Å². The molecule has 1 heterocycles. The van der Waals surface area contributed by atoms with Gasteiger partial charge in [-0.05, 0) is 18.9 Å². The van der Waals surface area contributed by atoms with E-state index in [0.29, 0.717) is 10.4 Å². The quantitative estimate of drug-likeness (QED) is 0.794. The highest BCUT2D eigenvalue weighted by atomic mass is 35.5. The summed E-state index contributed by atoms with van der Waals surface area (Å²) >= 11 is 7.22. The van der Waals surface area contributed by atoms with Crippen molar-refractivity contribution >= 4 is 22.9 Å². The van der Waals surface area contributed by atoms with Crippen molar-refractivity contribution in [1.82, 2.24) is 4.98 Å². The molecular weight excluding hydrogens is 180 g/mol. The van der Waals surface area contributed by atoms with Crippen LogP contribution in [0, 0.1) is 0 Å². The third kappa shape index (κ3) is 2.43. The lowest BCUT2D eigenvalue weighted by Gasteiger charge is -2.04. The van der Waals surface area contributed by atoms with Crippen molar-refractivity contribution in [2.24, 2.45) is 5.73 Å². The molecule has 0 aliphatic heterocycles. The van der Waals surface area contributed by atoms with Gasteiger partial charge in [0.05, 0.1) is 0 Å². The van der Waals surface area contributed by atoms with Crippen LogP contribution in [-0.4, -0.2) is 11.5 Å². The smallest absolute Gasteiger partial charge is 0.183 e. The minimum Gasteiger partial charge on any atom is -0.330 e. The minimum atomic E-state index is 0.491. The van der Waals surface area contributed by atoms with E-state index in [2.05, 4.69) is 11.9 Å². The van der Waals surface area contributed by atoms with Crippen LogP contribution >= 0.6 is 22.9 Å². The summed E-state index contributed by atoms with van der Waals surface area (Å²) in [6, 6.07) is 0. The van der Waals surface area contributed by atoms with Gasteiger partial charge in [0.15, 0.2) is 4.47 Å². The number of nitrogens with zero attached hydrogens (tertiary/aromatic N) is 1. The molecule has 0 saturated heterocycles. The van der Waals surface area contributed by atoms with Crippen LogP contribution < -0.4 is 5.73 Å². The monoisotopic (exact) mass is 190 g/mol. The fourth-order valence-electron chi connectivity index (χ4n) is 0.884. The molecule has 1 atom stereocenters. The van der Waals surface area contributed by atoms with Crippen molar-refractivity contribution in [2.45, 2.75) is 19.3 Å². The highest BCUT2D eigenvalue weighted by Crippen LogP contribution is 2.26. The summed E-state index contributed by atoms with van der Waals surface area (Å²) in [5.74, 6) is 0.491. The summed E-state index contributed by atoms with van der Waals surface area (Å²) < 4.78 is 0.615. The van der Waals surface area contributed by atoms with Gasteiger partial charge < -0.3 is 5.73 Å². The molecule has 0 aliphatic carbocycles. The first kappa shape index (κ1) is 8.97. The van der Waals surface area contributed by atoms with Gasteiger partial charge in [0.2, 0.25) is 0 Å². The van der Waals surface area contributed by atoms with Crippen molar-refractivity contribution in [3.63, 3.8) is 0 Å². The second-order valence-corrected chi connectivity index (χ2v) is 4.14. The van der Waals surface area contributed by atoms with Crippen LogP contribution in [0.25, 0.3) is 0 Å². The Labute approximate surface area is 75.4 Å². The molecule has 0 amide bonds. The van der Waals surface area contributed by atoms with E-state index in [1.165, 1.54) is 16.2 Å². The topological polar surface area (TPSA) is 38.9 Å². The van der Waals surface area contributed by atoms with E-state index in [0.717, 1.165) is 13.0 Å². The van der Waals surface area contributed by atoms with Gasteiger partial charge in [0.25, 0.3) is 0 Å². The van der Waals surface area contributed by atoms with E-state index in [9.17, 15) is 0 Å². The Morgan fingerprint density at radius 1 is 1.82 bits per heavy atom. The average molecular weight is 191 g/mol. The fourth-order valence-corrected chi connectivity index (χ4v) is 1.92. The lowest BCUT2D eigenvalue weighted by molar-refractivity contribution is 0.700. The molecule has 0 saturated carbocycles. The first-order valence-electron chi connectivity index (χ1n) is 3.55. The predicted octanol–water partition coefficient (Wildman–Crippen LogP) is 2.25. The molecule has 4 heteroatoms. The zero-order valence-electron chi connectivity index (χ0n) is 6.38. The second-order valence-electron chi connectivity index (χ2n) is 2.49. The number of hydrogen-bond acceptors (Lipinski definition) is 3. The molecule has 0 aliphatic rings. The van der Waals surface area contributed by atoms with Crippen LogP contribution in [0.4, 0.5) is 0 Å². The average Bonchev–Trinajstić information content (AvgIpc) is 2.36. The maximum atomic E-state index is 5.68. The number of nitrogens with two attached hydrogens (primary N) is 1. The van der Waals surface area contributed by atoms with E-state index < -0.39 is 0 Å². The molecule has 0 bridgehead atoms. The second kappa shape index (κ2) is 4.04. The number of rotatable bonds is 3. The van der Waals surface area contributed by atoms with Crippen LogP contribution in [0.1, 0.15) is 24.1 Å². The fraction of sp³-hybridized carbons (Fsp3) is 0.571. The standard InChI is InChI=1S/C7H11ClN2S/c1-5(2-3-9)6-4-10-7(8)11-6/h4-5H,2-3,9H2,1H3. The third-order valence-corrected chi connectivity index (χ3v) is 2.93. The Balaban J connectivity index is 2.60. The van der Waals surface area contributed by atoms with Gasteiger partial charge in [-0.2, -0.15) is 0 Å². The van der Waals surface area contributed by atoms with Crippen LogP contribution in [0.3, 0.4) is 0 Å². The lowest BCUT2D eigenvalue weighted by Crippen LogP contribution is -2.03. The molecule has 1 unspecified atom stereocenters. The van der Waals surface area contributed by atoms with E-state index in [-0.39, 0.29) is 0 Å². The zero-order valence-corrected chi connectivity index (χ0v) is 7.95. The molecular formula is C7H11ClN2S. The van der Waals surface area contributed by atoms with Gasteiger partial charge in [-0.25, -0.2) is 4.98 Å². The predicted molar refractivity (Wildman–Crippen MR) is 49.2 cm³/mol. The summed E-state index contributed by atoms with van der Waals surface area (Å²) in [5, 5.41) is 0. The molecule has 1 aromatic heterocycles. The molecule has 62 valence electrons. The first-order valence-corrected chi connectivity index (χ1v) is 4.74. The first-order chi connectivity index (χ1) is 5.24. The summed E-state index contributed by atoms with van der Waals surface area (Å²) in [6.45, 7) is 2.85. The van der Waals surface area contributed by atoms with Gasteiger partial charge in [-0.3, -0.25) is 0 Å². The van der Waals surface area contributed by atoms with Crippen molar-refractivity contribution in [3.05, 3.63) is 15.5 Å². The summed E-state index contributed by atoms with van der Waals surface area (Å²) in [7, 11) is 0. The van der Waals surface area contributed by atoms with Gasteiger partial charge in [-0.1, -0.05) is 18.5 Å². The molecule has 0 radical (unpaired) electrons. The summed E-state index contributed by atoms with van der Waals surface area (Å²) in [5.41, 5.74) is 5.42. The van der Waals surface area contributed by atoms with E-state index >= 15 is 0 Å². The van der Waals surface area contributed by atoms with Gasteiger partial charge in [0.1, 0.15) is 0 Å². The molecule has 2 nitrogen and oxygen atoms in total. The van der Waals surface area contributed by atoms with Crippen LogP contribution in [0.15, 0.2) is 6.20 Å². The number of hydrogen-bond donors (Lipinski definition) is 1. The Bertz CT molecular complexity index is 224. The minimum absolute atomic E-state index is 0.491. The SMILES string of the molecule is CC(CCN)c1cnc(Cl)s1. The van der Waals surface area contributed by atoms with E-state index in [4.69, 9.17) is 17.3 Å². The molecule has 2 N–H and O–H groups in total. The molecule has 1 aromatic rings. The van der Waals surface area contributed by atoms with Crippen LogP contribution in [-0.2, 0) is 0 Å². The van der Waals surface area contributed by atoms with Gasteiger partial charge in [0, 0.05) is 11.1 Å². The number of thiazole rings is 1. The maximum absolute atomic E-state index is 5.68. The highest BCUT2D eigenvalue weighted by molar-refractivity contribution is 7.15. The van der Waals surface area contributed by atoms with E-state index in [1.54, 1.807) is 0 Å². The largest absolute Gasteiger partial charge is 0.330 e. The van der Waals surface area contributed by atoms with Gasteiger partial charge in [-0.15, -0.1) is 11.3 Å². The van der Waals surface area contributed by atoms with Gasteiger partial charge >= 0.3 is 0 Å².